The number of imidazole rings is 1. The van der Waals surface area contributed by atoms with Crippen molar-refractivity contribution in [3.8, 4) is 0 Å². The summed E-state index contributed by atoms with van der Waals surface area (Å²) in [4.78, 5) is 4.36. The molecule has 0 aliphatic heterocycles. The third kappa shape index (κ3) is 2.46. The molecule has 3 nitrogen and oxygen atoms in total. The Morgan fingerprint density at radius 3 is 2.50 bits per heavy atom. The maximum absolute atomic E-state index is 4.36. The van der Waals surface area contributed by atoms with Crippen LogP contribution < -0.4 is 5.32 Å². The molecule has 3 heteroatoms. The van der Waals surface area contributed by atoms with Crippen LogP contribution in [0.3, 0.4) is 0 Å². The zero-order valence-corrected chi connectivity index (χ0v) is 11.0. The number of rotatable bonds is 7. The second kappa shape index (κ2) is 4.37. The van der Waals surface area contributed by atoms with Crippen LogP contribution in [0, 0.1) is 17.8 Å². The van der Waals surface area contributed by atoms with Crippen molar-refractivity contribution in [2.24, 2.45) is 17.8 Å². The summed E-state index contributed by atoms with van der Waals surface area (Å²) in [5, 5.41) is 3.60. The second-order valence-corrected chi connectivity index (χ2v) is 6.53. The topological polar surface area (TPSA) is 29.9 Å². The normalized spacial score (nSPS) is 23.8. The fourth-order valence-electron chi connectivity index (χ4n) is 3.16. The van der Waals surface area contributed by atoms with E-state index in [0.29, 0.717) is 0 Å². The molecule has 1 aromatic heterocycles. The minimum Gasteiger partial charge on any atom is -0.333 e. The summed E-state index contributed by atoms with van der Waals surface area (Å²) in [5.41, 5.74) is 1.38. The molecule has 0 spiro atoms. The molecule has 1 heterocycles. The number of hydrogen-bond donors (Lipinski definition) is 1. The molecule has 0 amide bonds. The average Bonchev–Trinajstić information content (AvgIpc) is 3.24. The Labute approximate surface area is 109 Å². The highest BCUT2D eigenvalue weighted by molar-refractivity contribution is 5.01. The van der Waals surface area contributed by atoms with Gasteiger partial charge in [0.15, 0.2) is 0 Å². The Morgan fingerprint density at radius 1 is 1.17 bits per heavy atom. The summed E-state index contributed by atoms with van der Waals surface area (Å²) in [6.45, 7) is 2.23. The smallest absolute Gasteiger partial charge is 0.0948 e. The zero-order valence-electron chi connectivity index (χ0n) is 11.0. The maximum Gasteiger partial charge on any atom is 0.0948 e. The molecule has 0 atom stereocenters. The highest BCUT2D eigenvalue weighted by Gasteiger charge is 2.41. The van der Waals surface area contributed by atoms with Gasteiger partial charge in [-0.1, -0.05) is 0 Å². The van der Waals surface area contributed by atoms with Gasteiger partial charge in [0, 0.05) is 25.3 Å². The first-order chi connectivity index (χ1) is 8.90. The van der Waals surface area contributed by atoms with E-state index in [1.54, 1.807) is 0 Å². The summed E-state index contributed by atoms with van der Waals surface area (Å²) in [6, 6.07) is 0.788. The van der Waals surface area contributed by atoms with E-state index < -0.39 is 0 Å². The van der Waals surface area contributed by atoms with Crippen LogP contribution in [0.1, 0.15) is 44.2 Å². The minimum atomic E-state index is 0.788. The van der Waals surface area contributed by atoms with Gasteiger partial charge < -0.3 is 9.88 Å². The van der Waals surface area contributed by atoms with Crippen LogP contribution in [0.5, 0.6) is 0 Å². The Bertz CT molecular complexity index is 401. The molecule has 0 saturated heterocycles. The van der Waals surface area contributed by atoms with Crippen molar-refractivity contribution < 1.29 is 0 Å². The number of hydrogen-bond acceptors (Lipinski definition) is 2. The lowest BCUT2D eigenvalue weighted by Crippen LogP contribution is -2.21. The summed E-state index contributed by atoms with van der Waals surface area (Å²) in [6.07, 6.45) is 12.7. The van der Waals surface area contributed by atoms with Gasteiger partial charge in [0.2, 0.25) is 0 Å². The summed E-state index contributed by atoms with van der Waals surface area (Å²) < 4.78 is 2.41. The van der Waals surface area contributed by atoms with Gasteiger partial charge in [-0.15, -0.1) is 0 Å². The Morgan fingerprint density at radius 2 is 1.89 bits per heavy atom. The molecule has 3 fully saturated rings. The number of nitrogens with one attached hydrogen (secondary N) is 1. The van der Waals surface area contributed by atoms with Crippen molar-refractivity contribution in [1.29, 1.82) is 0 Å². The van der Waals surface area contributed by atoms with E-state index in [1.165, 1.54) is 50.8 Å². The van der Waals surface area contributed by atoms with E-state index >= 15 is 0 Å². The molecule has 0 unspecified atom stereocenters. The molecule has 4 rings (SSSR count). The summed E-state index contributed by atoms with van der Waals surface area (Å²) in [5.74, 6) is 3.01. The Hall–Kier alpha value is -0.830. The van der Waals surface area contributed by atoms with Crippen LogP contribution in [0.25, 0.3) is 0 Å². The van der Waals surface area contributed by atoms with Crippen LogP contribution in [0.4, 0.5) is 0 Å². The van der Waals surface area contributed by atoms with Crippen LogP contribution in [-0.4, -0.2) is 15.6 Å². The van der Waals surface area contributed by atoms with Crippen molar-refractivity contribution in [2.45, 2.75) is 57.7 Å². The van der Waals surface area contributed by atoms with E-state index in [9.17, 15) is 0 Å². The second-order valence-electron chi connectivity index (χ2n) is 6.53. The quantitative estimate of drug-likeness (QED) is 0.800. The van der Waals surface area contributed by atoms with Gasteiger partial charge in [-0.3, -0.25) is 0 Å². The summed E-state index contributed by atoms with van der Waals surface area (Å²) >= 11 is 0. The first kappa shape index (κ1) is 11.0. The molecule has 1 aromatic rings. The Kier molecular flexibility index (Phi) is 2.68. The average molecular weight is 245 g/mol. The van der Waals surface area contributed by atoms with E-state index in [2.05, 4.69) is 14.9 Å². The number of nitrogens with zero attached hydrogens (tertiary/aromatic N) is 2. The molecule has 0 bridgehead atoms. The first-order valence-electron chi connectivity index (χ1n) is 7.62. The zero-order chi connectivity index (χ0) is 11.9. The van der Waals surface area contributed by atoms with E-state index in [0.717, 1.165) is 30.3 Å². The van der Waals surface area contributed by atoms with Crippen molar-refractivity contribution in [3.63, 3.8) is 0 Å². The third-order valence-corrected chi connectivity index (χ3v) is 4.81. The monoisotopic (exact) mass is 245 g/mol. The molecule has 0 radical (unpaired) electrons. The molecular formula is C15H23N3. The van der Waals surface area contributed by atoms with Crippen LogP contribution in [-0.2, 0) is 13.1 Å². The highest BCUT2D eigenvalue weighted by Crippen LogP contribution is 2.49. The van der Waals surface area contributed by atoms with Crippen LogP contribution >= 0.6 is 0 Å². The first-order valence-corrected chi connectivity index (χ1v) is 7.62. The fourth-order valence-corrected chi connectivity index (χ4v) is 3.16. The van der Waals surface area contributed by atoms with E-state index in [-0.39, 0.29) is 0 Å². The lowest BCUT2D eigenvalue weighted by atomic mass is 9.98. The van der Waals surface area contributed by atoms with Crippen molar-refractivity contribution in [1.82, 2.24) is 14.9 Å². The summed E-state index contributed by atoms with van der Waals surface area (Å²) in [7, 11) is 0. The van der Waals surface area contributed by atoms with Crippen LogP contribution in [0.15, 0.2) is 12.5 Å². The van der Waals surface area contributed by atoms with Gasteiger partial charge in [0.05, 0.1) is 12.0 Å². The highest BCUT2D eigenvalue weighted by atomic mass is 15.1. The minimum absolute atomic E-state index is 0.788. The van der Waals surface area contributed by atoms with Gasteiger partial charge in [0.25, 0.3) is 0 Å². The Balaban J connectivity index is 1.41. The van der Waals surface area contributed by atoms with Crippen molar-refractivity contribution >= 4 is 0 Å². The molecule has 1 N–H and O–H groups in total. The standard InChI is InChI=1S/C15H23N3/c1-2-11(1)15(12-3-4-12)9-18-10-16-7-14(18)8-17-13-5-6-13/h7,10-13,15,17H,1-6,8-9H2. The SMILES string of the molecule is c1ncn(CC(C2CC2)C2CC2)c1CNC1CC1. The molecule has 18 heavy (non-hydrogen) atoms. The molecule has 3 saturated carbocycles. The van der Waals surface area contributed by atoms with E-state index in [1.807, 2.05) is 12.5 Å². The van der Waals surface area contributed by atoms with Gasteiger partial charge >= 0.3 is 0 Å². The van der Waals surface area contributed by atoms with Gasteiger partial charge in [0.1, 0.15) is 0 Å². The predicted molar refractivity (Wildman–Crippen MR) is 71.0 cm³/mol. The number of aromatic nitrogens is 2. The largest absolute Gasteiger partial charge is 0.333 e. The van der Waals surface area contributed by atoms with Crippen molar-refractivity contribution in [2.75, 3.05) is 0 Å². The molecule has 3 aliphatic carbocycles. The lowest BCUT2D eigenvalue weighted by molar-refractivity contribution is 0.343. The predicted octanol–water partition coefficient (Wildman–Crippen LogP) is 2.57. The van der Waals surface area contributed by atoms with E-state index in [4.69, 9.17) is 0 Å². The third-order valence-electron chi connectivity index (χ3n) is 4.81. The molecule has 0 aromatic carbocycles. The maximum atomic E-state index is 4.36. The van der Waals surface area contributed by atoms with Gasteiger partial charge in [-0.05, 0) is 56.3 Å². The van der Waals surface area contributed by atoms with Crippen molar-refractivity contribution in [3.05, 3.63) is 18.2 Å². The lowest BCUT2D eigenvalue weighted by Gasteiger charge is -2.18. The fraction of sp³-hybridized carbons (Fsp3) is 0.800. The molecular weight excluding hydrogens is 222 g/mol. The molecule has 3 aliphatic rings. The van der Waals surface area contributed by atoms with Gasteiger partial charge in [-0.25, -0.2) is 4.98 Å². The van der Waals surface area contributed by atoms with Crippen LogP contribution in [0.2, 0.25) is 0 Å². The van der Waals surface area contributed by atoms with Gasteiger partial charge in [-0.2, -0.15) is 0 Å². The molecule has 98 valence electrons.